The van der Waals surface area contributed by atoms with Gasteiger partial charge in [0.1, 0.15) is 10.2 Å². The molecule has 0 unspecified atom stereocenters. The van der Waals surface area contributed by atoms with Crippen molar-refractivity contribution in [2.24, 2.45) is 0 Å². The summed E-state index contributed by atoms with van der Waals surface area (Å²) in [6.45, 7) is 1.60. The summed E-state index contributed by atoms with van der Waals surface area (Å²) >= 11 is 2.74. The highest BCUT2D eigenvalue weighted by molar-refractivity contribution is 9.10. The molecule has 76 valence electrons. The highest BCUT2D eigenvalue weighted by atomic mass is 79.9. The third-order valence-electron chi connectivity index (χ3n) is 1.41. The molecule has 1 aromatic rings. The summed E-state index contributed by atoms with van der Waals surface area (Å²) in [5, 5.41) is 0. The number of rotatable bonds is 2. The molecule has 0 bridgehead atoms. The number of ether oxygens (including phenoxy) is 1. The summed E-state index contributed by atoms with van der Waals surface area (Å²) in [4.78, 5) is 14.4. The molecule has 6 heteroatoms. The Morgan fingerprint density at radius 1 is 1.64 bits per heavy atom. The SMILES string of the molecule is CCOC(=O)c1c(F)cnc(Br)c1F. The van der Waals surface area contributed by atoms with Gasteiger partial charge in [0.05, 0.1) is 12.8 Å². The summed E-state index contributed by atoms with van der Waals surface area (Å²) in [5.41, 5.74) is -0.728. The quantitative estimate of drug-likeness (QED) is 0.609. The number of carbonyl (C=O) groups is 1. The maximum absolute atomic E-state index is 13.2. The molecule has 0 saturated carbocycles. The van der Waals surface area contributed by atoms with E-state index >= 15 is 0 Å². The van der Waals surface area contributed by atoms with Crippen LogP contribution in [0.5, 0.6) is 0 Å². The third-order valence-corrected chi connectivity index (χ3v) is 1.96. The average molecular weight is 266 g/mol. The van der Waals surface area contributed by atoms with Crippen LogP contribution >= 0.6 is 15.9 Å². The summed E-state index contributed by atoms with van der Waals surface area (Å²) in [6.07, 6.45) is 0.749. The van der Waals surface area contributed by atoms with E-state index in [2.05, 4.69) is 25.7 Å². The van der Waals surface area contributed by atoms with Gasteiger partial charge < -0.3 is 4.74 Å². The first kappa shape index (κ1) is 11.0. The minimum absolute atomic E-state index is 0.0532. The van der Waals surface area contributed by atoms with Crippen molar-refractivity contribution in [3.05, 3.63) is 28.0 Å². The van der Waals surface area contributed by atoms with Crippen LogP contribution in [0, 0.1) is 11.6 Å². The standard InChI is InChI=1S/C8H6BrF2NO2/c1-2-14-8(13)5-4(10)3-12-7(9)6(5)11/h3H,2H2,1H3. The molecule has 0 fully saturated rings. The molecule has 0 spiro atoms. The number of pyridine rings is 1. The number of hydrogen-bond acceptors (Lipinski definition) is 3. The van der Waals surface area contributed by atoms with Crippen LogP contribution in [0.25, 0.3) is 0 Å². The topological polar surface area (TPSA) is 39.2 Å². The van der Waals surface area contributed by atoms with Gasteiger partial charge in [-0.1, -0.05) is 0 Å². The lowest BCUT2D eigenvalue weighted by atomic mass is 10.2. The lowest BCUT2D eigenvalue weighted by molar-refractivity contribution is 0.0514. The molecule has 0 radical (unpaired) electrons. The molecule has 0 amide bonds. The van der Waals surface area contributed by atoms with Gasteiger partial charge in [0.2, 0.25) is 0 Å². The molecule has 0 aliphatic rings. The van der Waals surface area contributed by atoms with Crippen LogP contribution in [-0.2, 0) is 4.74 Å². The number of halogens is 3. The van der Waals surface area contributed by atoms with Crippen molar-refractivity contribution in [2.45, 2.75) is 6.92 Å². The summed E-state index contributed by atoms with van der Waals surface area (Å²) < 4.78 is 30.4. The van der Waals surface area contributed by atoms with Crippen molar-refractivity contribution in [3.63, 3.8) is 0 Å². The van der Waals surface area contributed by atoms with Crippen LogP contribution < -0.4 is 0 Å². The summed E-state index contributed by atoms with van der Waals surface area (Å²) in [5.74, 6) is -3.13. The van der Waals surface area contributed by atoms with Crippen LogP contribution in [0.4, 0.5) is 8.78 Å². The number of hydrogen-bond donors (Lipinski definition) is 0. The van der Waals surface area contributed by atoms with E-state index < -0.39 is 23.2 Å². The zero-order valence-corrected chi connectivity index (χ0v) is 8.77. The minimum atomic E-state index is -1.05. The second kappa shape index (κ2) is 4.45. The molecule has 0 N–H and O–H groups in total. The van der Waals surface area contributed by atoms with E-state index in [1.54, 1.807) is 6.92 Å². The maximum Gasteiger partial charge on any atom is 0.344 e. The van der Waals surface area contributed by atoms with Gasteiger partial charge in [0.25, 0.3) is 0 Å². The fourth-order valence-corrected chi connectivity index (χ4v) is 1.13. The average Bonchev–Trinajstić information content (AvgIpc) is 2.13. The molecule has 0 atom stereocenters. The monoisotopic (exact) mass is 265 g/mol. The second-order valence-electron chi connectivity index (χ2n) is 2.31. The highest BCUT2D eigenvalue weighted by Gasteiger charge is 2.21. The van der Waals surface area contributed by atoms with E-state index in [1.807, 2.05) is 0 Å². The predicted octanol–water partition coefficient (Wildman–Crippen LogP) is 2.30. The van der Waals surface area contributed by atoms with E-state index in [0.717, 1.165) is 6.20 Å². The van der Waals surface area contributed by atoms with Gasteiger partial charge in [-0.3, -0.25) is 0 Å². The van der Waals surface area contributed by atoms with Crippen LogP contribution in [0.3, 0.4) is 0 Å². The molecule has 1 heterocycles. The van der Waals surface area contributed by atoms with Gasteiger partial charge in [-0.15, -0.1) is 0 Å². The number of carbonyl (C=O) groups excluding carboxylic acids is 1. The molecular weight excluding hydrogens is 260 g/mol. The van der Waals surface area contributed by atoms with Gasteiger partial charge >= 0.3 is 5.97 Å². The van der Waals surface area contributed by atoms with Crippen molar-refractivity contribution in [3.8, 4) is 0 Å². The summed E-state index contributed by atoms with van der Waals surface area (Å²) in [6, 6.07) is 0. The lowest BCUT2D eigenvalue weighted by Gasteiger charge is -2.04. The van der Waals surface area contributed by atoms with Crippen molar-refractivity contribution >= 4 is 21.9 Å². The minimum Gasteiger partial charge on any atom is -0.462 e. The molecule has 0 saturated heterocycles. The molecule has 0 aromatic carbocycles. The first-order valence-electron chi connectivity index (χ1n) is 3.74. The fourth-order valence-electron chi connectivity index (χ4n) is 0.833. The maximum atomic E-state index is 13.2. The Bertz CT molecular complexity index is 371. The first-order chi connectivity index (χ1) is 6.57. The van der Waals surface area contributed by atoms with E-state index in [4.69, 9.17) is 0 Å². The van der Waals surface area contributed by atoms with Gasteiger partial charge in [0, 0.05) is 0 Å². The van der Waals surface area contributed by atoms with Gasteiger partial charge in [0.15, 0.2) is 11.6 Å². The Kier molecular flexibility index (Phi) is 3.51. The fraction of sp³-hybridized carbons (Fsp3) is 0.250. The molecule has 1 aromatic heterocycles. The Morgan fingerprint density at radius 3 is 2.86 bits per heavy atom. The van der Waals surface area contributed by atoms with E-state index in [-0.39, 0.29) is 11.2 Å². The molecular formula is C8H6BrF2NO2. The number of aromatic nitrogens is 1. The number of nitrogens with zero attached hydrogens (tertiary/aromatic N) is 1. The van der Waals surface area contributed by atoms with Crippen molar-refractivity contribution in [1.82, 2.24) is 4.98 Å². The molecule has 14 heavy (non-hydrogen) atoms. The largest absolute Gasteiger partial charge is 0.462 e. The Hall–Kier alpha value is -1.04. The Morgan fingerprint density at radius 2 is 2.29 bits per heavy atom. The molecule has 0 aliphatic carbocycles. The van der Waals surface area contributed by atoms with Gasteiger partial charge in [-0.05, 0) is 22.9 Å². The van der Waals surface area contributed by atoms with E-state index in [9.17, 15) is 13.6 Å². The second-order valence-corrected chi connectivity index (χ2v) is 3.06. The van der Waals surface area contributed by atoms with Crippen molar-refractivity contribution < 1.29 is 18.3 Å². The zero-order chi connectivity index (χ0) is 10.7. The molecule has 1 rings (SSSR count). The van der Waals surface area contributed by atoms with E-state index in [1.165, 1.54) is 0 Å². The number of esters is 1. The zero-order valence-electron chi connectivity index (χ0n) is 7.18. The Balaban J connectivity index is 3.18. The predicted molar refractivity (Wildman–Crippen MR) is 47.8 cm³/mol. The van der Waals surface area contributed by atoms with Gasteiger partial charge in [-0.25, -0.2) is 18.6 Å². The van der Waals surface area contributed by atoms with Crippen LogP contribution in [0.2, 0.25) is 0 Å². The third kappa shape index (κ3) is 2.06. The van der Waals surface area contributed by atoms with E-state index in [0.29, 0.717) is 0 Å². The highest BCUT2D eigenvalue weighted by Crippen LogP contribution is 2.19. The van der Waals surface area contributed by atoms with Crippen LogP contribution in [0.1, 0.15) is 17.3 Å². The summed E-state index contributed by atoms with van der Waals surface area (Å²) in [7, 11) is 0. The normalized spacial score (nSPS) is 10.0. The molecule has 3 nitrogen and oxygen atoms in total. The van der Waals surface area contributed by atoms with Crippen LogP contribution in [0.15, 0.2) is 10.8 Å². The van der Waals surface area contributed by atoms with Crippen LogP contribution in [-0.4, -0.2) is 17.6 Å². The van der Waals surface area contributed by atoms with Crippen molar-refractivity contribution in [2.75, 3.05) is 6.61 Å². The smallest absolute Gasteiger partial charge is 0.344 e. The van der Waals surface area contributed by atoms with Gasteiger partial charge in [-0.2, -0.15) is 0 Å². The first-order valence-corrected chi connectivity index (χ1v) is 4.53. The van der Waals surface area contributed by atoms with Crippen molar-refractivity contribution in [1.29, 1.82) is 0 Å². The molecule has 0 aliphatic heterocycles. The lowest BCUT2D eigenvalue weighted by Crippen LogP contribution is -2.11. The Labute approximate surface area is 87.2 Å².